The molecule has 3 atom stereocenters. The van der Waals surface area contributed by atoms with Crippen LogP contribution in [0.3, 0.4) is 0 Å². The Hall–Kier alpha value is -3.84. The van der Waals surface area contributed by atoms with Gasteiger partial charge in [0.15, 0.2) is 11.7 Å². The first-order valence-electron chi connectivity index (χ1n) is 13.1. The van der Waals surface area contributed by atoms with Gasteiger partial charge in [0.2, 0.25) is 5.91 Å². The molecule has 0 saturated carbocycles. The van der Waals surface area contributed by atoms with E-state index < -0.39 is 35.0 Å². The van der Waals surface area contributed by atoms with E-state index in [4.69, 9.17) is 26.6 Å². The molecule has 0 aliphatic carbocycles. The van der Waals surface area contributed by atoms with Crippen LogP contribution in [0.15, 0.2) is 46.4 Å². The average Bonchev–Trinajstić information content (AvgIpc) is 2.89. The van der Waals surface area contributed by atoms with Crippen molar-refractivity contribution in [2.24, 2.45) is 10.7 Å². The fraction of sp³-hybridized carbons (Fsp3) is 0.483. The molecule has 3 aliphatic rings. The van der Waals surface area contributed by atoms with Crippen molar-refractivity contribution in [2.45, 2.75) is 76.6 Å². The van der Waals surface area contributed by atoms with Crippen molar-refractivity contribution in [2.75, 3.05) is 13.2 Å². The number of guanidine groups is 1. The molecule has 0 aromatic heterocycles. The molecular formula is C29H35FN4O5. The molecule has 10 heteroatoms. The standard InChI is InChI=1S/C29H35FN4O5/c1-6-22-20(13-17(4)30)25(28(5,37)16-39-22)32-26(36)18-9-10-23-19(14-18)21(11-12-38-23)34-24(35)15-29(7-2,8-3)33-27(34)31/h1,9-10,13-14,21,25,37H,7-8,11-12,15-16H2,2-5H3,(H2,31,33)(H,32,36)/b17-13+/t21-,25?,28?/m1/s1. The third-order valence-corrected chi connectivity index (χ3v) is 7.72. The Kier molecular flexibility index (Phi) is 7.75. The van der Waals surface area contributed by atoms with E-state index in [1.807, 2.05) is 13.8 Å². The summed E-state index contributed by atoms with van der Waals surface area (Å²) in [6, 6.07) is 3.39. The van der Waals surface area contributed by atoms with E-state index in [1.165, 1.54) is 18.7 Å². The van der Waals surface area contributed by atoms with Gasteiger partial charge in [-0.05, 0) is 56.9 Å². The maximum atomic E-state index is 13.9. The quantitative estimate of drug-likeness (QED) is 0.478. The van der Waals surface area contributed by atoms with Gasteiger partial charge in [0.05, 0.1) is 36.5 Å². The molecular weight excluding hydrogens is 503 g/mol. The van der Waals surface area contributed by atoms with E-state index in [-0.39, 0.29) is 41.8 Å². The second kappa shape index (κ2) is 10.7. The summed E-state index contributed by atoms with van der Waals surface area (Å²) in [4.78, 5) is 33.0. The summed E-state index contributed by atoms with van der Waals surface area (Å²) in [5.41, 5.74) is 5.31. The van der Waals surface area contributed by atoms with E-state index in [0.717, 1.165) is 6.08 Å². The average molecular weight is 539 g/mol. The fourth-order valence-electron chi connectivity index (χ4n) is 5.40. The van der Waals surface area contributed by atoms with Gasteiger partial charge < -0.3 is 25.6 Å². The minimum absolute atomic E-state index is 0.0383. The SMILES string of the molecule is C#CC1=C(/C=C(\C)F)C(NC(=O)c2ccc3c(c2)[C@H](N2C(=O)CC(CC)(CC)N=C2N)CCO3)C(C)(O)CO1. The Bertz CT molecular complexity index is 1300. The Morgan fingerprint density at radius 1 is 1.38 bits per heavy atom. The zero-order valence-corrected chi connectivity index (χ0v) is 22.7. The van der Waals surface area contributed by atoms with Crippen LogP contribution >= 0.6 is 0 Å². The number of rotatable bonds is 6. The lowest BCUT2D eigenvalue weighted by Gasteiger charge is -2.41. The van der Waals surface area contributed by atoms with Crippen LogP contribution in [0.25, 0.3) is 0 Å². The minimum Gasteiger partial charge on any atom is -0.493 e. The number of carbonyl (C=O) groups excluding carboxylic acids is 2. The molecule has 0 saturated heterocycles. The van der Waals surface area contributed by atoms with Gasteiger partial charge in [-0.1, -0.05) is 13.8 Å². The van der Waals surface area contributed by atoms with E-state index in [9.17, 15) is 19.1 Å². The van der Waals surface area contributed by atoms with Crippen LogP contribution in [0.4, 0.5) is 4.39 Å². The van der Waals surface area contributed by atoms with Crippen molar-refractivity contribution in [3.63, 3.8) is 0 Å². The first kappa shape index (κ1) is 28.2. The van der Waals surface area contributed by atoms with Gasteiger partial charge in [-0.2, -0.15) is 0 Å². The molecule has 0 bridgehead atoms. The lowest BCUT2D eigenvalue weighted by atomic mass is 9.86. The summed E-state index contributed by atoms with van der Waals surface area (Å²) in [7, 11) is 0. The summed E-state index contributed by atoms with van der Waals surface area (Å²) < 4.78 is 25.1. The van der Waals surface area contributed by atoms with Crippen molar-refractivity contribution in [3.05, 3.63) is 52.6 Å². The first-order chi connectivity index (χ1) is 18.4. The summed E-state index contributed by atoms with van der Waals surface area (Å²) in [6.45, 7) is 6.87. The molecule has 4 N–H and O–H groups in total. The van der Waals surface area contributed by atoms with Gasteiger partial charge in [0.1, 0.15) is 18.0 Å². The van der Waals surface area contributed by atoms with Crippen molar-refractivity contribution in [3.8, 4) is 18.1 Å². The Labute approximate surface area is 227 Å². The van der Waals surface area contributed by atoms with Crippen molar-refractivity contribution >= 4 is 17.8 Å². The van der Waals surface area contributed by atoms with Gasteiger partial charge in [-0.3, -0.25) is 14.5 Å². The molecule has 4 rings (SSSR count). The third kappa shape index (κ3) is 5.36. The van der Waals surface area contributed by atoms with Crippen LogP contribution in [-0.2, 0) is 9.53 Å². The van der Waals surface area contributed by atoms with Crippen LogP contribution in [0.2, 0.25) is 0 Å². The van der Waals surface area contributed by atoms with Crippen LogP contribution in [0.5, 0.6) is 5.75 Å². The maximum Gasteiger partial charge on any atom is 0.251 e. The molecule has 2 unspecified atom stereocenters. The maximum absolute atomic E-state index is 13.9. The summed E-state index contributed by atoms with van der Waals surface area (Å²) in [5.74, 6) is 1.87. The second-order valence-electron chi connectivity index (χ2n) is 10.5. The van der Waals surface area contributed by atoms with E-state index in [2.05, 4.69) is 11.2 Å². The van der Waals surface area contributed by atoms with Gasteiger partial charge in [-0.15, -0.1) is 6.42 Å². The lowest BCUT2D eigenvalue weighted by Crippen LogP contribution is -2.56. The number of hydrogen-bond acceptors (Lipinski definition) is 7. The molecule has 2 amide bonds. The minimum atomic E-state index is -1.56. The number of carbonyl (C=O) groups is 2. The molecule has 39 heavy (non-hydrogen) atoms. The third-order valence-electron chi connectivity index (χ3n) is 7.72. The number of aliphatic imine (C=N–C) groups is 1. The summed E-state index contributed by atoms with van der Waals surface area (Å²) in [5, 5.41) is 13.8. The molecule has 1 aromatic carbocycles. The van der Waals surface area contributed by atoms with Crippen LogP contribution in [0, 0.1) is 12.3 Å². The molecule has 0 fully saturated rings. The Morgan fingerprint density at radius 2 is 2.10 bits per heavy atom. The number of halogens is 1. The highest BCUT2D eigenvalue weighted by Crippen LogP contribution is 2.40. The van der Waals surface area contributed by atoms with E-state index in [0.29, 0.717) is 37.2 Å². The van der Waals surface area contributed by atoms with Crippen molar-refractivity contribution < 1.29 is 28.6 Å². The second-order valence-corrected chi connectivity index (χ2v) is 10.5. The highest BCUT2D eigenvalue weighted by Gasteiger charge is 2.43. The van der Waals surface area contributed by atoms with Gasteiger partial charge in [-0.25, -0.2) is 9.38 Å². The van der Waals surface area contributed by atoms with Crippen LogP contribution in [0.1, 0.15) is 75.3 Å². The highest BCUT2D eigenvalue weighted by molar-refractivity contribution is 6.00. The zero-order valence-electron chi connectivity index (χ0n) is 22.7. The number of benzene rings is 1. The number of nitrogens with zero attached hydrogens (tertiary/aromatic N) is 2. The molecule has 3 aliphatic heterocycles. The largest absolute Gasteiger partial charge is 0.493 e. The Balaban J connectivity index is 1.68. The number of nitrogens with two attached hydrogens (primary N) is 1. The predicted molar refractivity (Wildman–Crippen MR) is 144 cm³/mol. The number of fused-ring (bicyclic) bond motifs is 1. The molecule has 208 valence electrons. The smallest absolute Gasteiger partial charge is 0.251 e. The van der Waals surface area contributed by atoms with Crippen LogP contribution in [-0.4, -0.2) is 58.2 Å². The Morgan fingerprint density at radius 3 is 2.72 bits per heavy atom. The van der Waals surface area contributed by atoms with Gasteiger partial charge in [0, 0.05) is 23.1 Å². The van der Waals surface area contributed by atoms with Gasteiger partial charge >= 0.3 is 0 Å². The van der Waals surface area contributed by atoms with Gasteiger partial charge in [0.25, 0.3) is 5.91 Å². The van der Waals surface area contributed by atoms with E-state index >= 15 is 0 Å². The van der Waals surface area contributed by atoms with Crippen molar-refractivity contribution in [1.29, 1.82) is 0 Å². The number of hydrogen-bond donors (Lipinski definition) is 3. The normalized spacial score (nSPS) is 26.6. The fourth-order valence-corrected chi connectivity index (χ4v) is 5.40. The molecule has 0 radical (unpaired) electrons. The zero-order chi connectivity index (χ0) is 28.5. The number of terminal acetylenes is 1. The number of amides is 2. The number of nitrogens with one attached hydrogen (secondary N) is 1. The van der Waals surface area contributed by atoms with Crippen molar-refractivity contribution in [1.82, 2.24) is 10.2 Å². The highest BCUT2D eigenvalue weighted by atomic mass is 19.1. The van der Waals surface area contributed by atoms with E-state index in [1.54, 1.807) is 18.2 Å². The monoisotopic (exact) mass is 538 g/mol. The number of aliphatic hydroxyl groups is 1. The first-order valence-corrected chi connectivity index (χ1v) is 13.1. The molecule has 1 aromatic rings. The number of allylic oxidation sites excluding steroid dienone is 2. The predicted octanol–water partition coefficient (Wildman–Crippen LogP) is 3.26. The molecule has 9 nitrogen and oxygen atoms in total. The summed E-state index contributed by atoms with van der Waals surface area (Å²) >= 11 is 0. The number of ether oxygens (including phenoxy) is 2. The topological polar surface area (TPSA) is 126 Å². The molecule has 0 spiro atoms. The lowest BCUT2D eigenvalue weighted by molar-refractivity contribution is -0.132. The molecule has 3 heterocycles. The van der Waals surface area contributed by atoms with Crippen LogP contribution < -0.4 is 15.8 Å². The summed E-state index contributed by atoms with van der Waals surface area (Å²) in [6.07, 6.45) is 8.79.